The minimum Gasteiger partial charge on any atom is -0.413 e. The van der Waals surface area contributed by atoms with Crippen LogP contribution in [0.1, 0.15) is 47.0 Å². The van der Waals surface area contributed by atoms with Crippen molar-refractivity contribution >= 4 is 8.32 Å². The van der Waals surface area contributed by atoms with Crippen molar-refractivity contribution in [3.8, 4) is 0 Å². The van der Waals surface area contributed by atoms with Gasteiger partial charge in [0.15, 0.2) is 8.32 Å². The summed E-state index contributed by atoms with van der Waals surface area (Å²) in [5.74, 6) is 0. The maximum atomic E-state index is 9.64. The molecule has 0 fully saturated rings. The molecule has 0 aromatic rings. The minimum absolute atomic E-state index is 0.252. The molecular weight excluding hydrogens is 228 g/mol. The average Bonchev–Trinajstić information content (AvgIpc) is 2.20. The third-order valence-electron chi connectivity index (χ3n) is 3.56. The first kappa shape index (κ1) is 16.9. The van der Waals surface area contributed by atoms with Gasteiger partial charge in [0, 0.05) is 0 Å². The molecule has 0 bridgehead atoms. The van der Waals surface area contributed by atoms with Gasteiger partial charge in [-0.2, -0.15) is 0 Å². The van der Waals surface area contributed by atoms with Crippen LogP contribution in [0.5, 0.6) is 0 Å². The molecule has 0 radical (unpaired) electrons. The second kappa shape index (κ2) is 7.34. The molecule has 0 aliphatic heterocycles. The summed E-state index contributed by atoms with van der Waals surface area (Å²) >= 11 is 0. The molecule has 0 aliphatic rings. The number of aliphatic hydroxyl groups excluding tert-OH is 1. The highest BCUT2D eigenvalue weighted by atomic mass is 28.4. The SMILES string of the molecule is CCCC[C@@H](O)/C=C\CO[Si](C)(C)C(C)(C)C. The van der Waals surface area contributed by atoms with E-state index in [0.29, 0.717) is 6.61 Å². The van der Waals surface area contributed by atoms with Gasteiger partial charge in [0.1, 0.15) is 0 Å². The van der Waals surface area contributed by atoms with Gasteiger partial charge in [0.2, 0.25) is 0 Å². The van der Waals surface area contributed by atoms with Crippen molar-refractivity contribution in [3.05, 3.63) is 12.2 Å². The Morgan fingerprint density at radius 3 is 2.35 bits per heavy atom. The number of rotatable bonds is 7. The summed E-state index contributed by atoms with van der Waals surface area (Å²) in [5, 5.41) is 9.89. The van der Waals surface area contributed by atoms with Crippen molar-refractivity contribution in [1.82, 2.24) is 0 Å². The smallest absolute Gasteiger partial charge is 0.192 e. The number of hydrogen-bond acceptors (Lipinski definition) is 2. The monoisotopic (exact) mass is 258 g/mol. The van der Waals surface area contributed by atoms with E-state index in [1.165, 1.54) is 0 Å². The van der Waals surface area contributed by atoms with Crippen LogP contribution in [-0.2, 0) is 4.43 Å². The summed E-state index contributed by atoms with van der Waals surface area (Å²) in [5.41, 5.74) is 0. The first-order chi connectivity index (χ1) is 7.70. The van der Waals surface area contributed by atoms with E-state index in [-0.39, 0.29) is 11.1 Å². The fourth-order valence-electron chi connectivity index (χ4n) is 1.20. The van der Waals surface area contributed by atoms with E-state index in [4.69, 9.17) is 4.43 Å². The largest absolute Gasteiger partial charge is 0.413 e. The molecule has 0 amide bonds. The standard InChI is InChI=1S/C14H30O2Si/c1-7-8-10-13(15)11-9-12-16-17(5,6)14(2,3)4/h9,11,13,15H,7-8,10,12H2,1-6H3/b11-9-/t13-/m1/s1. The Bertz CT molecular complexity index is 229. The van der Waals surface area contributed by atoms with Gasteiger partial charge in [-0.05, 0) is 24.6 Å². The zero-order chi connectivity index (χ0) is 13.5. The van der Waals surface area contributed by atoms with E-state index >= 15 is 0 Å². The maximum Gasteiger partial charge on any atom is 0.192 e. The van der Waals surface area contributed by atoms with Gasteiger partial charge in [-0.15, -0.1) is 0 Å². The molecule has 17 heavy (non-hydrogen) atoms. The van der Waals surface area contributed by atoms with Crippen molar-refractivity contribution in [2.45, 2.75) is 71.2 Å². The van der Waals surface area contributed by atoms with Gasteiger partial charge < -0.3 is 9.53 Å². The van der Waals surface area contributed by atoms with Crippen molar-refractivity contribution in [3.63, 3.8) is 0 Å². The Labute approximate surface area is 108 Å². The van der Waals surface area contributed by atoms with Crippen LogP contribution in [0.2, 0.25) is 18.1 Å². The minimum atomic E-state index is -1.64. The zero-order valence-corrected chi connectivity index (χ0v) is 13.4. The third kappa shape index (κ3) is 7.01. The Morgan fingerprint density at radius 2 is 1.88 bits per heavy atom. The molecule has 0 saturated carbocycles. The van der Waals surface area contributed by atoms with Gasteiger partial charge >= 0.3 is 0 Å². The van der Waals surface area contributed by atoms with Crippen LogP contribution in [0.3, 0.4) is 0 Å². The van der Waals surface area contributed by atoms with Gasteiger partial charge in [-0.1, -0.05) is 52.7 Å². The fourth-order valence-corrected chi connectivity index (χ4v) is 2.14. The van der Waals surface area contributed by atoms with Gasteiger partial charge in [0.25, 0.3) is 0 Å². The molecule has 0 aromatic heterocycles. The number of aliphatic hydroxyl groups is 1. The third-order valence-corrected chi connectivity index (χ3v) is 8.06. The molecule has 0 heterocycles. The molecule has 2 nitrogen and oxygen atoms in total. The molecular formula is C14H30O2Si. The highest BCUT2D eigenvalue weighted by Crippen LogP contribution is 2.36. The first-order valence-corrected chi connectivity index (χ1v) is 9.60. The maximum absolute atomic E-state index is 9.64. The van der Waals surface area contributed by atoms with Crippen LogP contribution < -0.4 is 0 Å². The molecule has 1 atom stereocenters. The molecule has 3 heteroatoms. The second-order valence-electron chi connectivity index (χ2n) is 6.21. The highest BCUT2D eigenvalue weighted by molar-refractivity contribution is 6.74. The van der Waals surface area contributed by atoms with Crippen molar-refractivity contribution in [2.75, 3.05) is 6.61 Å². The number of unbranched alkanes of at least 4 members (excludes halogenated alkanes) is 1. The van der Waals surface area contributed by atoms with Crippen molar-refractivity contribution in [1.29, 1.82) is 0 Å². The molecule has 0 aliphatic carbocycles. The van der Waals surface area contributed by atoms with Gasteiger partial charge in [-0.25, -0.2) is 0 Å². The van der Waals surface area contributed by atoms with Crippen LogP contribution in [0.25, 0.3) is 0 Å². The lowest BCUT2D eigenvalue weighted by atomic mass is 10.1. The molecule has 0 spiro atoms. The first-order valence-electron chi connectivity index (χ1n) is 6.69. The van der Waals surface area contributed by atoms with E-state index in [9.17, 15) is 5.11 Å². The van der Waals surface area contributed by atoms with Crippen LogP contribution in [0.4, 0.5) is 0 Å². The summed E-state index contributed by atoms with van der Waals surface area (Å²) in [6, 6.07) is 0. The molecule has 1 N–H and O–H groups in total. The molecule has 0 saturated heterocycles. The Kier molecular flexibility index (Phi) is 7.29. The lowest BCUT2D eigenvalue weighted by molar-refractivity contribution is 0.208. The molecule has 0 rings (SSSR count). The lowest BCUT2D eigenvalue weighted by Gasteiger charge is -2.35. The van der Waals surface area contributed by atoms with E-state index in [0.717, 1.165) is 19.3 Å². The summed E-state index contributed by atoms with van der Waals surface area (Å²) in [7, 11) is -1.64. The van der Waals surface area contributed by atoms with Crippen LogP contribution in [-0.4, -0.2) is 26.1 Å². The zero-order valence-electron chi connectivity index (χ0n) is 12.4. The summed E-state index contributed by atoms with van der Waals surface area (Å²) in [6.07, 6.45) is 6.58. The fraction of sp³-hybridized carbons (Fsp3) is 0.857. The second-order valence-corrected chi connectivity index (χ2v) is 11.0. The Balaban J connectivity index is 3.94. The lowest BCUT2D eigenvalue weighted by Crippen LogP contribution is -2.40. The summed E-state index contributed by atoms with van der Waals surface area (Å²) in [4.78, 5) is 0. The average molecular weight is 258 g/mol. The predicted octanol–water partition coefficient (Wildman–Crippen LogP) is 4.12. The van der Waals surface area contributed by atoms with Crippen molar-refractivity contribution < 1.29 is 9.53 Å². The van der Waals surface area contributed by atoms with E-state index in [1.807, 2.05) is 12.2 Å². The molecule has 0 aromatic carbocycles. The van der Waals surface area contributed by atoms with Gasteiger partial charge in [0.05, 0.1) is 12.7 Å². The van der Waals surface area contributed by atoms with Crippen LogP contribution in [0.15, 0.2) is 12.2 Å². The molecule has 102 valence electrons. The summed E-state index contributed by atoms with van der Waals surface area (Å²) in [6.45, 7) is 14.0. The summed E-state index contributed by atoms with van der Waals surface area (Å²) < 4.78 is 5.99. The Hall–Kier alpha value is -0.123. The van der Waals surface area contributed by atoms with E-state index < -0.39 is 8.32 Å². The highest BCUT2D eigenvalue weighted by Gasteiger charge is 2.36. The predicted molar refractivity (Wildman–Crippen MR) is 77.8 cm³/mol. The van der Waals surface area contributed by atoms with Crippen LogP contribution >= 0.6 is 0 Å². The van der Waals surface area contributed by atoms with E-state index in [2.05, 4.69) is 40.8 Å². The Morgan fingerprint density at radius 1 is 1.29 bits per heavy atom. The normalized spacial score (nSPS) is 15.5. The topological polar surface area (TPSA) is 29.5 Å². The van der Waals surface area contributed by atoms with Crippen molar-refractivity contribution in [2.24, 2.45) is 0 Å². The molecule has 0 unspecified atom stereocenters. The van der Waals surface area contributed by atoms with E-state index in [1.54, 1.807) is 0 Å². The van der Waals surface area contributed by atoms with Gasteiger partial charge in [-0.3, -0.25) is 0 Å². The number of hydrogen-bond donors (Lipinski definition) is 1. The quantitative estimate of drug-likeness (QED) is 0.550. The van der Waals surface area contributed by atoms with Crippen LogP contribution in [0, 0.1) is 0 Å².